The maximum absolute atomic E-state index is 13.5. The number of rotatable bonds is 5. The Morgan fingerprint density at radius 2 is 2.00 bits per heavy atom. The average molecular weight is 239 g/mol. The molecule has 2 N–H and O–H groups in total. The molecule has 0 bridgehead atoms. The molecule has 0 aliphatic rings. The van der Waals surface area contributed by atoms with Gasteiger partial charge in [0, 0.05) is 11.6 Å². The van der Waals surface area contributed by atoms with Gasteiger partial charge in [-0.3, -0.25) is 0 Å². The number of hydrogen-bond acceptors (Lipinski definition) is 2. The van der Waals surface area contributed by atoms with Gasteiger partial charge in [-0.15, -0.1) is 0 Å². The molecule has 2 nitrogen and oxygen atoms in total. The maximum Gasteiger partial charge on any atom is 0.126 e. The minimum absolute atomic E-state index is 0.127. The summed E-state index contributed by atoms with van der Waals surface area (Å²) in [6.45, 7) is 7.70. The second-order valence-electron chi connectivity index (χ2n) is 4.65. The first-order valence-electron chi connectivity index (χ1n) is 6.18. The molecule has 0 radical (unpaired) electrons. The van der Waals surface area contributed by atoms with Crippen LogP contribution in [0.25, 0.3) is 0 Å². The maximum atomic E-state index is 13.5. The van der Waals surface area contributed by atoms with E-state index in [1.54, 1.807) is 13.0 Å². The minimum atomic E-state index is -0.229. The van der Waals surface area contributed by atoms with Gasteiger partial charge in [0.2, 0.25) is 0 Å². The lowest BCUT2D eigenvalue weighted by atomic mass is 10.0. The van der Waals surface area contributed by atoms with Crippen molar-refractivity contribution in [3.63, 3.8) is 0 Å². The van der Waals surface area contributed by atoms with Gasteiger partial charge in [0.05, 0.1) is 6.10 Å². The fourth-order valence-electron chi connectivity index (χ4n) is 1.81. The van der Waals surface area contributed by atoms with Gasteiger partial charge in [-0.1, -0.05) is 13.3 Å². The molecule has 96 valence electrons. The van der Waals surface area contributed by atoms with Gasteiger partial charge in [0.15, 0.2) is 0 Å². The Balaban J connectivity index is 3.00. The molecule has 0 fully saturated rings. The zero-order chi connectivity index (χ0) is 13.0. The summed E-state index contributed by atoms with van der Waals surface area (Å²) in [5.74, 6) is 0.479. The molecule has 1 aromatic rings. The Morgan fingerprint density at radius 3 is 2.53 bits per heavy atom. The highest BCUT2D eigenvalue weighted by Gasteiger charge is 2.14. The highest BCUT2D eigenvalue weighted by Crippen LogP contribution is 2.28. The Hall–Kier alpha value is -1.09. The second kappa shape index (κ2) is 6.01. The van der Waals surface area contributed by atoms with Crippen molar-refractivity contribution >= 4 is 0 Å². The van der Waals surface area contributed by atoms with E-state index in [0.29, 0.717) is 11.3 Å². The molecule has 0 saturated carbocycles. The van der Waals surface area contributed by atoms with Gasteiger partial charge in [-0.05, 0) is 44.9 Å². The molecule has 0 saturated heterocycles. The van der Waals surface area contributed by atoms with Crippen LogP contribution in [0.3, 0.4) is 0 Å². The van der Waals surface area contributed by atoms with Crippen molar-refractivity contribution < 1.29 is 9.13 Å². The molecule has 0 aliphatic heterocycles. The van der Waals surface area contributed by atoms with E-state index >= 15 is 0 Å². The summed E-state index contributed by atoms with van der Waals surface area (Å²) in [4.78, 5) is 0. The molecule has 3 heteroatoms. The highest BCUT2D eigenvalue weighted by atomic mass is 19.1. The van der Waals surface area contributed by atoms with Crippen molar-refractivity contribution in [3.05, 3.63) is 29.1 Å². The number of nitrogens with two attached hydrogens (primary N) is 1. The van der Waals surface area contributed by atoms with Gasteiger partial charge in [-0.2, -0.15) is 0 Å². The fourth-order valence-corrected chi connectivity index (χ4v) is 1.81. The summed E-state index contributed by atoms with van der Waals surface area (Å²) in [5.41, 5.74) is 7.16. The van der Waals surface area contributed by atoms with E-state index in [2.05, 4.69) is 6.92 Å². The Bertz CT molecular complexity index is 377. The van der Waals surface area contributed by atoms with Crippen LogP contribution in [0.4, 0.5) is 4.39 Å². The molecule has 2 atom stereocenters. The van der Waals surface area contributed by atoms with E-state index in [1.165, 1.54) is 6.07 Å². The molecular formula is C14H22FNO. The number of ether oxygens (including phenoxy) is 1. The lowest BCUT2D eigenvalue weighted by Crippen LogP contribution is -2.15. The van der Waals surface area contributed by atoms with Crippen LogP contribution in [0.5, 0.6) is 5.75 Å². The summed E-state index contributed by atoms with van der Waals surface area (Å²) in [5, 5.41) is 0. The molecule has 0 heterocycles. The first-order valence-corrected chi connectivity index (χ1v) is 6.18. The Labute approximate surface area is 103 Å². The summed E-state index contributed by atoms with van der Waals surface area (Å²) < 4.78 is 19.3. The van der Waals surface area contributed by atoms with Crippen LogP contribution in [-0.2, 0) is 0 Å². The first kappa shape index (κ1) is 14.0. The largest absolute Gasteiger partial charge is 0.490 e. The van der Waals surface area contributed by atoms with E-state index in [-0.39, 0.29) is 18.0 Å². The summed E-state index contributed by atoms with van der Waals surface area (Å²) in [6.07, 6.45) is 2.17. The molecule has 0 amide bonds. The number of aryl methyl sites for hydroxylation is 1. The first-order chi connectivity index (χ1) is 7.95. The van der Waals surface area contributed by atoms with Crippen LogP contribution in [0.2, 0.25) is 0 Å². The van der Waals surface area contributed by atoms with E-state index in [4.69, 9.17) is 10.5 Å². The number of benzene rings is 1. The number of halogens is 1. The van der Waals surface area contributed by atoms with Gasteiger partial charge in [-0.25, -0.2) is 4.39 Å². The molecule has 17 heavy (non-hydrogen) atoms. The van der Waals surface area contributed by atoms with Crippen molar-refractivity contribution in [2.24, 2.45) is 5.73 Å². The van der Waals surface area contributed by atoms with Crippen LogP contribution in [-0.4, -0.2) is 6.10 Å². The zero-order valence-corrected chi connectivity index (χ0v) is 11.1. The summed E-state index contributed by atoms with van der Waals surface area (Å²) >= 11 is 0. The fraction of sp³-hybridized carbons (Fsp3) is 0.571. The highest BCUT2D eigenvalue weighted by molar-refractivity contribution is 5.40. The van der Waals surface area contributed by atoms with Crippen molar-refractivity contribution in [1.82, 2.24) is 0 Å². The third-order valence-corrected chi connectivity index (χ3v) is 2.80. The smallest absolute Gasteiger partial charge is 0.126 e. The second-order valence-corrected chi connectivity index (χ2v) is 4.65. The monoisotopic (exact) mass is 239 g/mol. The molecule has 0 aliphatic carbocycles. The predicted octanol–water partition coefficient (Wildman–Crippen LogP) is 3.72. The van der Waals surface area contributed by atoms with Crippen LogP contribution >= 0.6 is 0 Å². The normalized spacial score (nSPS) is 14.5. The van der Waals surface area contributed by atoms with Crippen LogP contribution in [0.15, 0.2) is 12.1 Å². The summed E-state index contributed by atoms with van der Waals surface area (Å²) in [6, 6.07) is 2.99. The van der Waals surface area contributed by atoms with Crippen LogP contribution in [0.1, 0.15) is 50.8 Å². The Morgan fingerprint density at radius 1 is 1.35 bits per heavy atom. The SMILES string of the molecule is CCCC(C)Oc1cc(C)c(F)cc1[C@H](C)N. The molecule has 1 unspecified atom stereocenters. The van der Waals surface area contributed by atoms with Crippen molar-refractivity contribution in [2.45, 2.75) is 52.7 Å². The molecule has 0 aromatic heterocycles. The molecule has 0 spiro atoms. The quantitative estimate of drug-likeness (QED) is 0.850. The van der Waals surface area contributed by atoms with E-state index < -0.39 is 0 Å². The van der Waals surface area contributed by atoms with E-state index in [1.807, 2.05) is 13.8 Å². The topological polar surface area (TPSA) is 35.2 Å². The van der Waals surface area contributed by atoms with Crippen molar-refractivity contribution in [3.8, 4) is 5.75 Å². The third kappa shape index (κ3) is 3.70. The third-order valence-electron chi connectivity index (χ3n) is 2.80. The van der Waals surface area contributed by atoms with Crippen LogP contribution in [0, 0.1) is 12.7 Å². The summed E-state index contributed by atoms with van der Waals surface area (Å²) in [7, 11) is 0. The Kier molecular flexibility index (Phi) is 4.94. The number of hydrogen-bond donors (Lipinski definition) is 1. The van der Waals surface area contributed by atoms with Crippen molar-refractivity contribution in [2.75, 3.05) is 0 Å². The minimum Gasteiger partial charge on any atom is -0.490 e. The standard InChI is InChI=1S/C14H22FNO/c1-5-6-10(3)17-14-7-9(2)13(15)8-12(14)11(4)16/h7-8,10-11H,5-6,16H2,1-4H3/t10?,11-/m0/s1. The zero-order valence-electron chi connectivity index (χ0n) is 11.1. The molecular weight excluding hydrogens is 217 g/mol. The lowest BCUT2D eigenvalue weighted by molar-refractivity contribution is 0.206. The van der Waals surface area contributed by atoms with Crippen LogP contribution < -0.4 is 10.5 Å². The van der Waals surface area contributed by atoms with E-state index in [9.17, 15) is 4.39 Å². The predicted molar refractivity (Wildman–Crippen MR) is 68.7 cm³/mol. The lowest BCUT2D eigenvalue weighted by Gasteiger charge is -2.19. The van der Waals surface area contributed by atoms with Gasteiger partial charge >= 0.3 is 0 Å². The van der Waals surface area contributed by atoms with Crippen molar-refractivity contribution in [1.29, 1.82) is 0 Å². The molecule has 1 rings (SSSR count). The van der Waals surface area contributed by atoms with E-state index in [0.717, 1.165) is 18.4 Å². The van der Waals surface area contributed by atoms with Gasteiger partial charge in [0.25, 0.3) is 0 Å². The molecule has 1 aromatic carbocycles. The van der Waals surface area contributed by atoms with Gasteiger partial charge in [0.1, 0.15) is 11.6 Å². The average Bonchev–Trinajstić information content (AvgIpc) is 2.23. The van der Waals surface area contributed by atoms with Gasteiger partial charge < -0.3 is 10.5 Å².